The molecular formula is C18H21NO4. The molecule has 0 amide bonds. The Bertz CT molecular complexity index is 683. The van der Waals surface area contributed by atoms with Crippen LogP contribution in [0.5, 0.6) is 17.2 Å². The summed E-state index contributed by atoms with van der Waals surface area (Å²) < 4.78 is 16.7. The van der Waals surface area contributed by atoms with E-state index in [-0.39, 0.29) is 0 Å². The van der Waals surface area contributed by atoms with Gasteiger partial charge in [-0.05, 0) is 49.2 Å². The number of aryl methyl sites for hydroxylation is 1. The van der Waals surface area contributed by atoms with Crippen LogP contribution in [0.2, 0.25) is 0 Å². The van der Waals surface area contributed by atoms with E-state index in [9.17, 15) is 0 Å². The molecule has 0 heterocycles. The SMILES string of the molecule is COc1cc(C=NO)ccc1OCCOc1cccc(C)c1C. The highest BCUT2D eigenvalue weighted by atomic mass is 16.5. The van der Waals surface area contributed by atoms with Crippen LogP contribution in [0.4, 0.5) is 0 Å². The van der Waals surface area contributed by atoms with Crippen molar-refractivity contribution in [2.24, 2.45) is 5.16 Å². The van der Waals surface area contributed by atoms with Crippen molar-refractivity contribution in [1.29, 1.82) is 0 Å². The van der Waals surface area contributed by atoms with Gasteiger partial charge in [-0.2, -0.15) is 0 Å². The summed E-state index contributed by atoms with van der Waals surface area (Å²) in [5.41, 5.74) is 3.06. The minimum absolute atomic E-state index is 0.400. The highest BCUT2D eigenvalue weighted by Gasteiger charge is 2.06. The Morgan fingerprint density at radius 3 is 2.43 bits per heavy atom. The van der Waals surface area contributed by atoms with Crippen molar-refractivity contribution in [3.63, 3.8) is 0 Å². The van der Waals surface area contributed by atoms with Crippen molar-refractivity contribution in [2.75, 3.05) is 20.3 Å². The number of ether oxygens (including phenoxy) is 3. The Morgan fingerprint density at radius 2 is 1.74 bits per heavy atom. The number of rotatable bonds is 7. The molecule has 2 aromatic carbocycles. The van der Waals surface area contributed by atoms with Gasteiger partial charge in [0.1, 0.15) is 19.0 Å². The molecule has 0 aliphatic heterocycles. The molecule has 0 fully saturated rings. The fraction of sp³-hybridized carbons (Fsp3) is 0.278. The number of methoxy groups -OCH3 is 1. The van der Waals surface area contributed by atoms with Gasteiger partial charge in [-0.25, -0.2) is 0 Å². The first-order chi connectivity index (χ1) is 11.2. The molecule has 122 valence electrons. The van der Waals surface area contributed by atoms with Gasteiger partial charge < -0.3 is 19.4 Å². The van der Waals surface area contributed by atoms with Gasteiger partial charge in [-0.1, -0.05) is 17.3 Å². The van der Waals surface area contributed by atoms with E-state index in [1.165, 1.54) is 11.8 Å². The molecule has 1 N–H and O–H groups in total. The smallest absolute Gasteiger partial charge is 0.161 e. The van der Waals surface area contributed by atoms with E-state index in [0.29, 0.717) is 24.7 Å². The first-order valence-electron chi connectivity index (χ1n) is 7.33. The molecule has 0 aliphatic rings. The third-order valence-corrected chi connectivity index (χ3v) is 3.55. The summed E-state index contributed by atoms with van der Waals surface area (Å²) in [6.45, 7) is 4.93. The van der Waals surface area contributed by atoms with Crippen molar-refractivity contribution >= 4 is 6.21 Å². The number of nitrogens with zero attached hydrogens (tertiary/aromatic N) is 1. The van der Waals surface area contributed by atoms with Crippen LogP contribution in [-0.2, 0) is 0 Å². The zero-order valence-corrected chi connectivity index (χ0v) is 13.6. The number of oxime groups is 1. The second-order valence-electron chi connectivity index (χ2n) is 5.05. The predicted molar refractivity (Wildman–Crippen MR) is 89.3 cm³/mol. The highest BCUT2D eigenvalue weighted by Crippen LogP contribution is 2.27. The molecule has 23 heavy (non-hydrogen) atoms. The average molecular weight is 315 g/mol. The number of benzene rings is 2. The van der Waals surface area contributed by atoms with Crippen LogP contribution >= 0.6 is 0 Å². The lowest BCUT2D eigenvalue weighted by atomic mass is 10.1. The maximum Gasteiger partial charge on any atom is 0.161 e. The fourth-order valence-electron chi connectivity index (χ4n) is 2.13. The van der Waals surface area contributed by atoms with Crippen LogP contribution in [0.1, 0.15) is 16.7 Å². The molecule has 0 unspecified atom stereocenters. The predicted octanol–water partition coefficient (Wildman–Crippen LogP) is 3.58. The van der Waals surface area contributed by atoms with Crippen molar-refractivity contribution in [1.82, 2.24) is 0 Å². The average Bonchev–Trinajstić information content (AvgIpc) is 2.56. The van der Waals surface area contributed by atoms with Gasteiger partial charge in [0.25, 0.3) is 0 Å². The van der Waals surface area contributed by atoms with Crippen molar-refractivity contribution in [3.05, 3.63) is 53.1 Å². The van der Waals surface area contributed by atoms with E-state index in [1.807, 2.05) is 19.1 Å². The summed E-state index contributed by atoms with van der Waals surface area (Å²) >= 11 is 0. The summed E-state index contributed by atoms with van der Waals surface area (Å²) in [7, 11) is 1.56. The van der Waals surface area contributed by atoms with E-state index in [4.69, 9.17) is 19.4 Å². The third kappa shape index (κ3) is 4.39. The summed E-state index contributed by atoms with van der Waals surface area (Å²) in [5, 5.41) is 11.6. The van der Waals surface area contributed by atoms with Crippen LogP contribution in [-0.4, -0.2) is 31.7 Å². The molecule has 5 heteroatoms. The maximum absolute atomic E-state index is 8.56. The Labute approximate surface area is 136 Å². The Morgan fingerprint density at radius 1 is 1.00 bits per heavy atom. The largest absolute Gasteiger partial charge is 0.493 e. The monoisotopic (exact) mass is 315 g/mol. The van der Waals surface area contributed by atoms with Crippen LogP contribution in [0.3, 0.4) is 0 Å². The molecule has 0 spiro atoms. The lowest BCUT2D eigenvalue weighted by Gasteiger charge is -2.13. The van der Waals surface area contributed by atoms with Crippen LogP contribution in [0.15, 0.2) is 41.6 Å². The normalized spacial score (nSPS) is 10.7. The number of hydrogen-bond acceptors (Lipinski definition) is 5. The molecule has 0 saturated heterocycles. The Kier molecular flexibility index (Phi) is 5.86. The molecule has 2 aromatic rings. The topological polar surface area (TPSA) is 60.3 Å². The quantitative estimate of drug-likeness (QED) is 0.367. The van der Waals surface area contributed by atoms with Crippen molar-refractivity contribution < 1.29 is 19.4 Å². The first kappa shape index (κ1) is 16.7. The minimum atomic E-state index is 0.400. The molecule has 5 nitrogen and oxygen atoms in total. The van der Waals surface area contributed by atoms with Gasteiger partial charge in [0.15, 0.2) is 11.5 Å². The number of hydrogen-bond donors (Lipinski definition) is 1. The van der Waals surface area contributed by atoms with E-state index in [0.717, 1.165) is 16.9 Å². The van der Waals surface area contributed by atoms with Crippen LogP contribution in [0, 0.1) is 13.8 Å². The minimum Gasteiger partial charge on any atom is -0.493 e. The molecule has 2 rings (SSSR count). The van der Waals surface area contributed by atoms with Gasteiger partial charge in [0.2, 0.25) is 0 Å². The zero-order chi connectivity index (χ0) is 16.7. The van der Waals surface area contributed by atoms with Gasteiger partial charge in [-0.3, -0.25) is 0 Å². The first-order valence-corrected chi connectivity index (χ1v) is 7.33. The highest BCUT2D eigenvalue weighted by molar-refractivity contribution is 5.80. The van der Waals surface area contributed by atoms with Gasteiger partial charge in [0.05, 0.1) is 13.3 Å². The fourth-order valence-corrected chi connectivity index (χ4v) is 2.13. The van der Waals surface area contributed by atoms with Crippen molar-refractivity contribution in [3.8, 4) is 17.2 Å². The Hall–Kier alpha value is -2.69. The molecule has 0 aliphatic carbocycles. The maximum atomic E-state index is 8.56. The molecule has 0 saturated carbocycles. The summed E-state index contributed by atoms with van der Waals surface area (Å²) in [5.74, 6) is 2.07. The second kappa shape index (κ2) is 8.08. The van der Waals surface area contributed by atoms with E-state index in [1.54, 1.807) is 25.3 Å². The van der Waals surface area contributed by atoms with Gasteiger partial charge in [-0.15, -0.1) is 0 Å². The van der Waals surface area contributed by atoms with Crippen molar-refractivity contribution in [2.45, 2.75) is 13.8 Å². The molecule has 0 bridgehead atoms. The molecule has 0 radical (unpaired) electrons. The van der Waals surface area contributed by atoms with E-state index in [2.05, 4.69) is 18.1 Å². The molecule has 0 aromatic heterocycles. The van der Waals surface area contributed by atoms with E-state index < -0.39 is 0 Å². The summed E-state index contributed by atoms with van der Waals surface area (Å²) in [4.78, 5) is 0. The Balaban J connectivity index is 1.92. The lowest BCUT2D eigenvalue weighted by molar-refractivity contribution is 0.210. The lowest BCUT2D eigenvalue weighted by Crippen LogP contribution is -2.10. The van der Waals surface area contributed by atoms with Crippen LogP contribution in [0.25, 0.3) is 0 Å². The van der Waals surface area contributed by atoms with Gasteiger partial charge in [0, 0.05) is 5.56 Å². The summed E-state index contributed by atoms with van der Waals surface area (Å²) in [6, 6.07) is 11.3. The second-order valence-corrected chi connectivity index (χ2v) is 5.05. The van der Waals surface area contributed by atoms with Gasteiger partial charge >= 0.3 is 0 Å². The summed E-state index contributed by atoms with van der Waals surface area (Å²) in [6.07, 6.45) is 1.33. The molecule has 0 atom stereocenters. The third-order valence-electron chi connectivity index (χ3n) is 3.55. The zero-order valence-electron chi connectivity index (χ0n) is 13.6. The van der Waals surface area contributed by atoms with E-state index >= 15 is 0 Å². The standard InChI is InChI=1S/C18H21NO4/c1-13-5-4-6-16(14(13)2)22-9-10-23-17-8-7-15(12-19-20)11-18(17)21-3/h4-8,11-12,20H,9-10H2,1-3H3. The molecular weight excluding hydrogens is 294 g/mol. The van der Waals surface area contributed by atoms with Crippen LogP contribution < -0.4 is 14.2 Å².